The lowest BCUT2D eigenvalue weighted by atomic mass is 10.0. The Morgan fingerprint density at radius 1 is 1.30 bits per heavy atom. The number of benzene rings is 1. The van der Waals surface area contributed by atoms with Gasteiger partial charge < -0.3 is 15.4 Å². The molecule has 5 nitrogen and oxygen atoms in total. The highest BCUT2D eigenvalue weighted by Crippen LogP contribution is 2.20. The number of rotatable bonds is 6. The summed E-state index contributed by atoms with van der Waals surface area (Å²) in [6, 6.07) is 8.83. The molecule has 0 unspecified atom stereocenters. The van der Waals surface area contributed by atoms with Gasteiger partial charge in [0.1, 0.15) is 12.6 Å². The molecule has 1 aromatic rings. The number of esters is 1. The summed E-state index contributed by atoms with van der Waals surface area (Å²) in [6.07, 6.45) is 2.25. The van der Waals surface area contributed by atoms with Crippen LogP contribution in [-0.4, -0.2) is 35.4 Å². The second-order valence-electron chi connectivity index (χ2n) is 6.61. The fraction of sp³-hybridized carbons (Fsp3) is 0.556. The van der Waals surface area contributed by atoms with Crippen LogP contribution in [0.15, 0.2) is 30.3 Å². The normalized spacial score (nSPS) is 19.0. The molecule has 0 aliphatic carbocycles. The van der Waals surface area contributed by atoms with Crippen LogP contribution in [0.25, 0.3) is 0 Å². The molecule has 0 radical (unpaired) electrons. The molecular weight excluding hydrogens is 292 g/mol. The van der Waals surface area contributed by atoms with Crippen molar-refractivity contribution >= 4 is 11.9 Å². The van der Waals surface area contributed by atoms with Crippen molar-refractivity contribution < 1.29 is 20.1 Å². The van der Waals surface area contributed by atoms with Gasteiger partial charge in [0, 0.05) is 13.0 Å². The monoisotopic (exact) mass is 319 g/mol. The van der Waals surface area contributed by atoms with Gasteiger partial charge in [-0.25, -0.2) is 4.79 Å². The van der Waals surface area contributed by atoms with Gasteiger partial charge in [0.05, 0.1) is 0 Å². The summed E-state index contributed by atoms with van der Waals surface area (Å²) in [4.78, 5) is 26.5. The summed E-state index contributed by atoms with van der Waals surface area (Å²) in [5, 5.41) is 0. The number of hydrogen-bond acceptors (Lipinski definition) is 3. The SMILES string of the molecule is CC(C)C[C@H]([NH3+])C(=O)N1CCC[C@H]1C(=O)OCc1ccccc1. The van der Waals surface area contributed by atoms with Crippen LogP contribution in [0.1, 0.15) is 38.7 Å². The summed E-state index contributed by atoms with van der Waals surface area (Å²) in [5.41, 5.74) is 4.92. The average molecular weight is 319 g/mol. The van der Waals surface area contributed by atoms with Gasteiger partial charge >= 0.3 is 5.97 Å². The molecule has 0 saturated carbocycles. The molecule has 2 rings (SSSR count). The molecule has 1 fully saturated rings. The molecule has 0 aromatic heterocycles. The first kappa shape index (κ1) is 17.5. The van der Waals surface area contributed by atoms with Crippen LogP contribution in [-0.2, 0) is 20.9 Å². The number of amides is 1. The van der Waals surface area contributed by atoms with E-state index < -0.39 is 6.04 Å². The first-order valence-electron chi connectivity index (χ1n) is 8.33. The molecule has 0 bridgehead atoms. The van der Waals surface area contributed by atoms with Crippen LogP contribution in [0.2, 0.25) is 0 Å². The van der Waals surface area contributed by atoms with Gasteiger partial charge in [0.2, 0.25) is 0 Å². The zero-order valence-corrected chi connectivity index (χ0v) is 14.0. The molecule has 3 N–H and O–H groups in total. The third-order valence-corrected chi connectivity index (χ3v) is 4.14. The van der Waals surface area contributed by atoms with Crippen LogP contribution < -0.4 is 5.73 Å². The lowest BCUT2D eigenvalue weighted by Gasteiger charge is -2.25. The van der Waals surface area contributed by atoms with Crippen LogP contribution in [0, 0.1) is 5.92 Å². The number of carbonyl (C=O) groups is 2. The van der Waals surface area contributed by atoms with Crippen molar-refractivity contribution in [2.75, 3.05) is 6.54 Å². The highest BCUT2D eigenvalue weighted by Gasteiger charge is 2.38. The van der Waals surface area contributed by atoms with Gasteiger partial charge in [0.25, 0.3) is 5.91 Å². The summed E-state index contributed by atoms with van der Waals surface area (Å²) in [7, 11) is 0. The molecule has 1 aliphatic rings. The molecule has 1 amide bonds. The smallest absolute Gasteiger partial charge is 0.329 e. The highest BCUT2D eigenvalue weighted by molar-refractivity contribution is 5.87. The van der Waals surface area contributed by atoms with Crippen molar-refractivity contribution in [2.45, 2.75) is 51.8 Å². The maximum atomic E-state index is 12.5. The molecule has 0 spiro atoms. The molecule has 23 heavy (non-hydrogen) atoms. The number of ether oxygens (including phenoxy) is 1. The summed E-state index contributed by atoms with van der Waals surface area (Å²) >= 11 is 0. The van der Waals surface area contributed by atoms with E-state index in [2.05, 4.69) is 19.6 Å². The number of carbonyl (C=O) groups excluding carboxylic acids is 2. The first-order valence-corrected chi connectivity index (χ1v) is 8.33. The summed E-state index contributed by atoms with van der Waals surface area (Å²) in [6.45, 7) is 5.01. The zero-order valence-electron chi connectivity index (χ0n) is 14.0. The predicted octanol–water partition coefficient (Wildman–Crippen LogP) is 1.38. The van der Waals surface area contributed by atoms with Crippen molar-refractivity contribution in [1.29, 1.82) is 0 Å². The minimum atomic E-state index is -0.456. The Morgan fingerprint density at radius 2 is 2.00 bits per heavy atom. The lowest BCUT2D eigenvalue weighted by molar-refractivity contribution is -0.408. The maximum Gasteiger partial charge on any atom is 0.329 e. The van der Waals surface area contributed by atoms with Gasteiger partial charge in [-0.3, -0.25) is 4.79 Å². The Morgan fingerprint density at radius 3 is 2.65 bits per heavy atom. The Labute approximate surface area is 137 Å². The third-order valence-electron chi connectivity index (χ3n) is 4.14. The molecule has 1 aromatic carbocycles. The maximum absolute atomic E-state index is 12.5. The van der Waals surface area contributed by atoms with E-state index in [0.717, 1.165) is 18.4 Å². The van der Waals surface area contributed by atoms with Gasteiger partial charge in [-0.2, -0.15) is 0 Å². The van der Waals surface area contributed by atoms with Crippen molar-refractivity contribution in [2.24, 2.45) is 5.92 Å². The second-order valence-corrected chi connectivity index (χ2v) is 6.61. The predicted molar refractivity (Wildman–Crippen MR) is 87.1 cm³/mol. The van der Waals surface area contributed by atoms with Crippen LogP contribution in [0.4, 0.5) is 0 Å². The average Bonchev–Trinajstić information content (AvgIpc) is 3.01. The largest absolute Gasteiger partial charge is 0.459 e. The van der Waals surface area contributed by atoms with Gasteiger partial charge in [0.15, 0.2) is 6.04 Å². The standard InChI is InChI=1S/C18H26N2O3/c1-13(2)11-15(19)17(21)20-10-6-9-16(20)18(22)23-12-14-7-4-3-5-8-14/h3-5,7-8,13,15-16H,6,9-12,19H2,1-2H3/p+1/t15-,16-/m0/s1. The Balaban J connectivity index is 1.92. The lowest BCUT2D eigenvalue weighted by Crippen LogP contribution is -2.69. The Kier molecular flexibility index (Phi) is 6.16. The van der Waals surface area contributed by atoms with Gasteiger partial charge in [-0.05, 0) is 24.3 Å². The minimum Gasteiger partial charge on any atom is -0.459 e. The first-order chi connectivity index (χ1) is 11.0. The Bertz CT molecular complexity index is 530. The fourth-order valence-corrected chi connectivity index (χ4v) is 3.00. The van der Waals surface area contributed by atoms with Crippen LogP contribution in [0.5, 0.6) is 0 Å². The van der Waals surface area contributed by atoms with Crippen LogP contribution >= 0.6 is 0 Å². The number of likely N-dealkylation sites (tertiary alicyclic amines) is 1. The van der Waals surface area contributed by atoms with E-state index >= 15 is 0 Å². The molecule has 126 valence electrons. The second kappa shape index (κ2) is 8.11. The molecule has 2 atom stereocenters. The molecule has 1 heterocycles. The van der Waals surface area contributed by atoms with E-state index in [4.69, 9.17) is 4.74 Å². The zero-order chi connectivity index (χ0) is 16.8. The number of nitrogens with zero attached hydrogens (tertiary/aromatic N) is 1. The fourth-order valence-electron chi connectivity index (χ4n) is 3.00. The van der Waals surface area contributed by atoms with Crippen molar-refractivity contribution in [3.8, 4) is 0 Å². The molecule has 1 aliphatic heterocycles. The van der Waals surface area contributed by atoms with E-state index in [9.17, 15) is 9.59 Å². The summed E-state index contributed by atoms with van der Waals surface area (Å²) in [5.74, 6) is 0.0712. The van der Waals surface area contributed by atoms with Gasteiger partial charge in [-0.1, -0.05) is 44.2 Å². The number of quaternary nitrogens is 1. The van der Waals surface area contributed by atoms with E-state index in [0.29, 0.717) is 18.9 Å². The quantitative estimate of drug-likeness (QED) is 0.805. The summed E-state index contributed by atoms with van der Waals surface area (Å²) < 4.78 is 5.40. The topological polar surface area (TPSA) is 74.3 Å². The minimum absolute atomic E-state index is 0.0298. The van der Waals surface area contributed by atoms with E-state index in [-0.39, 0.29) is 24.5 Å². The van der Waals surface area contributed by atoms with Crippen molar-refractivity contribution in [3.63, 3.8) is 0 Å². The van der Waals surface area contributed by atoms with E-state index in [1.54, 1.807) is 4.90 Å². The van der Waals surface area contributed by atoms with E-state index in [1.807, 2.05) is 30.3 Å². The molecule has 1 saturated heterocycles. The molecular formula is C18H27N2O3+. The molecule has 5 heteroatoms. The van der Waals surface area contributed by atoms with Gasteiger partial charge in [-0.15, -0.1) is 0 Å². The Hall–Kier alpha value is -1.88. The van der Waals surface area contributed by atoms with E-state index in [1.165, 1.54) is 0 Å². The van der Waals surface area contributed by atoms with Crippen molar-refractivity contribution in [3.05, 3.63) is 35.9 Å². The van der Waals surface area contributed by atoms with Crippen molar-refractivity contribution in [1.82, 2.24) is 4.90 Å². The highest BCUT2D eigenvalue weighted by atomic mass is 16.5. The number of hydrogen-bond donors (Lipinski definition) is 1. The third kappa shape index (κ3) is 4.79. The van der Waals surface area contributed by atoms with Crippen LogP contribution in [0.3, 0.4) is 0 Å².